The van der Waals surface area contributed by atoms with E-state index in [1.54, 1.807) is 12.3 Å². The number of amides is 1. The number of fused-ring (bicyclic) bond motifs is 1. The lowest BCUT2D eigenvalue weighted by Gasteiger charge is -2.10. The largest absolute Gasteiger partial charge is 0.490 e. The van der Waals surface area contributed by atoms with E-state index in [1.165, 1.54) is 6.92 Å². The molecule has 0 saturated heterocycles. The lowest BCUT2D eigenvalue weighted by Crippen LogP contribution is -2.22. The number of nitrogens with one attached hydrogen (secondary N) is 2. The molecule has 1 aliphatic rings. The van der Waals surface area contributed by atoms with Gasteiger partial charge in [0.25, 0.3) is 0 Å². The molecule has 8 nitrogen and oxygen atoms in total. The van der Waals surface area contributed by atoms with E-state index < -0.39 is 0 Å². The van der Waals surface area contributed by atoms with Crippen molar-refractivity contribution in [3.05, 3.63) is 42.1 Å². The molecule has 1 aromatic heterocycles. The third-order valence-electron chi connectivity index (χ3n) is 3.58. The van der Waals surface area contributed by atoms with Crippen LogP contribution in [0.25, 0.3) is 0 Å². The topological polar surface area (TPSA) is 111 Å². The Balaban J connectivity index is 1.60. The Morgan fingerprint density at radius 2 is 2.00 bits per heavy atom. The molecule has 3 rings (SSSR count). The van der Waals surface area contributed by atoms with Crippen LogP contribution in [0.3, 0.4) is 0 Å². The second kappa shape index (κ2) is 8.19. The van der Waals surface area contributed by atoms with Gasteiger partial charge in [0.15, 0.2) is 17.5 Å². The van der Waals surface area contributed by atoms with Crippen molar-refractivity contribution < 1.29 is 14.3 Å². The highest BCUT2D eigenvalue weighted by atomic mass is 16.5. The molecule has 1 amide bonds. The second-order valence-corrected chi connectivity index (χ2v) is 5.77. The van der Waals surface area contributed by atoms with E-state index in [4.69, 9.17) is 15.2 Å². The van der Waals surface area contributed by atoms with Crippen LogP contribution < -0.4 is 25.8 Å². The van der Waals surface area contributed by atoms with Crippen molar-refractivity contribution in [3.63, 3.8) is 0 Å². The number of pyridine rings is 1. The molecule has 0 fully saturated rings. The fourth-order valence-corrected chi connectivity index (χ4v) is 2.38. The number of ether oxygens (including phenoxy) is 2. The average molecular weight is 355 g/mol. The van der Waals surface area contributed by atoms with E-state index >= 15 is 0 Å². The quantitative estimate of drug-likeness (QED) is 0.572. The van der Waals surface area contributed by atoms with Gasteiger partial charge in [0.2, 0.25) is 5.91 Å². The fraction of sp³-hybridized carbons (Fsp3) is 0.278. The summed E-state index contributed by atoms with van der Waals surface area (Å²) in [6.07, 6.45) is 2.51. The number of nitrogens with two attached hydrogens (primary N) is 1. The standard InChI is InChI=1S/C18H21N5O3/c1-12(24)22-17-6-3-13(10-20-17)11-21-18(19)23-14-4-5-15-16(9-14)26-8-2-7-25-15/h3-6,9-10H,2,7-8,11H2,1H3,(H3,19,21,23)(H,20,22,24). The van der Waals surface area contributed by atoms with Gasteiger partial charge in [0.05, 0.1) is 19.8 Å². The summed E-state index contributed by atoms with van der Waals surface area (Å²) in [5, 5.41) is 5.65. The van der Waals surface area contributed by atoms with Crippen LogP contribution in [0, 0.1) is 0 Å². The number of aromatic nitrogens is 1. The van der Waals surface area contributed by atoms with Gasteiger partial charge in [-0.3, -0.25) is 4.79 Å². The molecule has 0 aliphatic carbocycles. The molecule has 0 saturated carbocycles. The van der Waals surface area contributed by atoms with Gasteiger partial charge >= 0.3 is 0 Å². The van der Waals surface area contributed by atoms with E-state index in [0.29, 0.717) is 31.3 Å². The lowest BCUT2D eigenvalue weighted by atomic mass is 10.2. The fourth-order valence-electron chi connectivity index (χ4n) is 2.38. The first kappa shape index (κ1) is 17.5. The molecular formula is C18H21N5O3. The molecule has 0 radical (unpaired) electrons. The predicted octanol–water partition coefficient (Wildman–Crippen LogP) is 2.13. The van der Waals surface area contributed by atoms with Crippen molar-refractivity contribution >= 4 is 23.4 Å². The number of rotatable bonds is 4. The Morgan fingerprint density at radius 3 is 2.73 bits per heavy atom. The number of guanidine groups is 1. The summed E-state index contributed by atoms with van der Waals surface area (Å²) in [4.78, 5) is 19.4. The number of nitrogens with zero attached hydrogens (tertiary/aromatic N) is 2. The maximum atomic E-state index is 11.0. The summed E-state index contributed by atoms with van der Waals surface area (Å²) in [6.45, 7) is 3.09. The number of carbonyl (C=O) groups is 1. The minimum Gasteiger partial charge on any atom is -0.490 e. The number of hydrogen-bond acceptors (Lipinski definition) is 5. The Hall–Kier alpha value is -3.29. The zero-order valence-corrected chi connectivity index (χ0v) is 14.5. The first-order valence-corrected chi connectivity index (χ1v) is 8.29. The molecule has 1 aromatic carbocycles. The summed E-state index contributed by atoms with van der Waals surface area (Å²) in [5.74, 6) is 2.05. The molecule has 4 N–H and O–H groups in total. The molecular weight excluding hydrogens is 334 g/mol. The molecule has 0 bridgehead atoms. The van der Waals surface area contributed by atoms with E-state index in [9.17, 15) is 4.79 Å². The minimum atomic E-state index is -0.160. The smallest absolute Gasteiger partial charge is 0.222 e. The number of hydrogen-bond donors (Lipinski definition) is 3. The SMILES string of the molecule is CC(=O)Nc1ccc(CN=C(N)Nc2ccc3c(c2)OCCCO3)cn1. The van der Waals surface area contributed by atoms with Gasteiger partial charge in [-0.1, -0.05) is 6.07 Å². The van der Waals surface area contributed by atoms with Crippen molar-refractivity contribution in [1.29, 1.82) is 0 Å². The highest BCUT2D eigenvalue weighted by Crippen LogP contribution is 2.32. The maximum Gasteiger partial charge on any atom is 0.222 e. The van der Waals surface area contributed by atoms with Crippen LogP contribution in [0.15, 0.2) is 41.5 Å². The Bertz CT molecular complexity index is 805. The number of carbonyl (C=O) groups excluding carboxylic acids is 1. The van der Waals surface area contributed by atoms with Gasteiger partial charge in [-0.05, 0) is 23.8 Å². The molecule has 0 spiro atoms. The third kappa shape index (κ3) is 4.85. The highest BCUT2D eigenvalue weighted by molar-refractivity contribution is 5.92. The van der Waals surface area contributed by atoms with Crippen LogP contribution in [0.1, 0.15) is 18.9 Å². The highest BCUT2D eigenvalue weighted by Gasteiger charge is 2.10. The maximum absolute atomic E-state index is 11.0. The van der Waals surface area contributed by atoms with Crippen molar-refractivity contribution in [3.8, 4) is 11.5 Å². The van der Waals surface area contributed by atoms with E-state index in [0.717, 1.165) is 23.4 Å². The summed E-state index contributed by atoms with van der Waals surface area (Å²) in [7, 11) is 0. The van der Waals surface area contributed by atoms with Gasteiger partial charge in [-0.2, -0.15) is 0 Å². The van der Waals surface area contributed by atoms with Gasteiger partial charge in [-0.15, -0.1) is 0 Å². The van der Waals surface area contributed by atoms with Crippen molar-refractivity contribution in [1.82, 2.24) is 4.98 Å². The molecule has 8 heteroatoms. The van der Waals surface area contributed by atoms with Crippen molar-refractivity contribution in [2.75, 3.05) is 23.8 Å². The van der Waals surface area contributed by atoms with Crippen molar-refractivity contribution in [2.24, 2.45) is 10.7 Å². The normalized spacial score (nSPS) is 13.7. The van der Waals surface area contributed by atoms with E-state index in [-0.39, 0.29) is 11.9 Å². The third-order valence-corrected chi connectivity index (χ3v) is 3.58. The Kier molecular flexibility index (Phi) is 5.52. The summed E-state index contributed by atoms with van der Waals surface area (Å²) < 4.78 is 11.3. The van der Waals surface area contributed by atoms with Gasteiger partial charge in [-0.25, -0.2) is 9.98 Å². The molecule has 136 valence electrons. The van der Waals surface area contributed by atoms with Crippen LogP contribution in [-0.2, 0) is 11.3 Å². The zero-order chi connectivity index (χ0) is 18.4. The van der Waals surface area contributed by atoms with Gasteiger partial charge in [0, 0.05) is 31.3 Å². The summed E-state index contributed by atoms with van der Waals surface area (Å²) in [5.41, 5.74) is 7.60. The first-order valence-electron chi connectivity index (χ1n) is 8.29. The van der Waals surface area contributed by atoms with Crippen LogP contribution in [-0.4, -0.2) is 30.1 Å². The first-order chi connectivity index (χ1) is 12.6. The van der Waals surface area contributed by atoms with Gasteiger partial charge in [0.1, 0.15) is 5.82 Å². The van der Waals surface area contributed by atoms with Crippen LogP contribution in [0.2, 0.25) is 0 Å². The van der Waals surface area contributed by atoms with Crippen LogP contribution in [0.5, 0.6) is 11.5 Å². The summed E-state index contributed by atoms with van der Waals surface area (Å²) in [6, 6.07) is 9.11. The molecule has 1 aliphatic heterocycles. The lowest BCUT2D eigenvalue weighted by molar-refractivity contribution is -0.114. The average Bonchev–Trinajstić information content (AvgIpc) is 2.85. The Labute approximate surface area is 151 Å². The zero-order valence-electron chi connectivity index (χ0n) is 14.5. The predicted molar refractivity (Wildman–Crippen MR) is 99.5 cm³/mol. The monoisotopic (exact) mass is 355 g/mol. The molecule has 0 atom stereocenters. The van der Waals surface area contributed by atoms with Crippen LogP contribution >= 0.6 is 0 Å². The number of anilines is 2. The van der Waals surface area contributed by atoms with E-state index in [1.807, 2.05) is 24.3 Å². The molecule has 2 aromatic rings. The number of benzene rings is 1. The molecule has 0 unspecified atom stereocenters. The van der Waals surface area contributed by atoms with Gasteiger partial charge < -0.3 is 25.8 Å². The van der Waals surface area contributed by atoms with E-state index in [2.05, 4.69) is 20.6 Å². The Morgan fingerprint density at radius 1 is 1.19 bits per heavy atom. The number of aliphatic imine (C=N–C) groups is 1. The summed E-state index contributed by atoms with van der Waals surface area (Å²) >= 11 is 0. The second-order valence-electron chi connectivity index (χ2n) is 5.77. The molecule has 2 heterocycles. The minimum absolute atomic E-state index is 0.160. The van der Waals surface area contributed by atoms with Crippen LogP contribution in [0.4, 0.5) is 11.5 Å². The van der Waals surface area contributed by atoms with Crippen molar-refractivity contribution in [2.45, 2.75) is 19.9 Å². The molecule has 26 heavy (non-hydrogen) atoms.